The summed E-state index contributed by atoms with van der Waals surface area (Å²) in [5.41, 5.74) is 1.27. The number of nitrogens with one attached hydrogen (secondary N) is 1. The Hall–Kier alpha value is -2.74. The molecule has 3 rings (SSSR count). The molecule has 124 valence electrons. The molecule has 0 aliphatic rings. The molecule has 0 atom stereocenters. The van der Waals surface area contributed by atoms with Crippen molar-refractivity contribution < 1.29 is 17.2 Å². The zero-order valence-electron chi connectivity index (χ0n) is 12.9. The van der Waals surface area contributed by atoms with Crippen molar-refractivity contribution in [3.8, 4) is 11.5 Å². The highest BCUT2D eigenvalue weighted by Gasteiger charge is 2.21. The van der Waals surface area contributed by atoms with Crippen LogP contribution in [0.4, 0.5) is 10.1 Å². The quantitative estimate of drug-likeness (QED) is 0.783. The summed E-state index contributed by atoms with van der Waals surface area (Å²) >= 11 is 0. The maximum Gasteiger partial charge on any atom is 0.264 e. The van der Waals surface area contributed by atoms with Crippen molar-refractivity contribution in [1.29, 1.82) is 0 Å². The van der Waals surface area contributed by atoms with Gasteiger partial charge in [-0.05, 0) is 36.8 Å². The van der Waals surface area contributed by atoms with Gasteiger partial charge in [-0.15, -0.1) is 10.2 Å². The Labute approximate surface area is 138 Å². The standard InChI is InChI=1S/C16H14FN3O3S/c1-10-7-8-15(13(17)9-10)24(21,22)20-14-6-4-3-5-12(14)16-19-18-11(2)23-16/h3-9,20H,1-2H3. The molecule has 0 aliphatic carbocycles. The fourth-order valence-corrected chi connectivity index (χ4v) is 3.33. The number of aryl methyl sites for hydroxylation is 2. The minimum absolute atomic E-state index is 0.176. The van der Waals surface area contributed by atoms with Gasteiger partial charge in [0.05, 0.1) is 11.3 Å². The smallest absolute Gasteiger partial charge is 0.264 e. The molecular weight excluding hydrogens is 333 g/mol. The number of benzene rings is 2. The van der Waals surface area contributed by atoms with E-state index in [0.717, 1.165) is 0 Å². The molecule has 0 unspecified atom stereocenters. The van der Waals surface area contributed by atoms with Crippen molar-refractivity contribution in [3.63, 3.8) is 0 Å². The van der Waals surface area contributed by atoms with Crippen molar-refractivity contribution in [2.75, 3.05) is 4.72 Å². The van der Waals surface area contributed by atoms with Crippen LogP contribution >= 0.6 is 0 Å². The van der Waals surface area contributed by atoms with E-state index < -0.39 is 20.7 Å². The first kappa shape index (κ1) is 16.1. The van der Waals surface area contributed by atoms with Crippen LogP contribution in [-0.4, -0.2) is 18.6 Å². The van der Waals surface area contributed by atoms with Crippen LogP contribution < -0.4 is 4.72 Å². The van der Waals surface area contributed by atoms with E-state index >= 15 is 0 Å². The number of nitrogens with zero attached hydrogens (tertiary/aromatic N) is 2. The number of hydrogen-bond donors (Lipinski definition) is 1. The summed E-state index contributed by atoms with van der Waals surface area (Å²) in [6, 6.07) is 10.5. The lowest BCUT2D eigenvalue weighted by molar-refractivity contribution is 0.533. The van der Waals surface area contributed by atoms with E-state index in [-0.39, 0.29) is 11.6 Å². The van der Waals surface area contributed by atoms with Crippen LogP contribution in [0.25, 0.3) is 11.5 Å². The molecule has 0 fully saturated rings. The van der Waals surface area contributed by atoms with Crippen LogP contribution in [0.1, 0.15) is 11.5 Å². The van der Waals surface area contributed by atoms with E-state index in [9.17, 15) is 12.8 Å². The van der Waals surface area contributed by atoms with Gasteiger partial charge in [0.15, 0.2) is 0 Å². The maximum absolute atomic E-state index is 14.0. The lowest BCUT2D eigenvalue weighted by Crippen LogP contribution is -2.15. The minimum atomic E-state index is -4.10. The molecular formula is C16H14FN3O3S. The highest BCUT2D eigenvalue weighted by Crippen LogP contribution is 2.29. The first-order chi connectivity index (χ1) is 11.4. The molecule has 0 radical (unpaired) electrons. The monoisotopic (exact) mass is 347 g/mol. The molecule has 1 aromatic heterocycles. The molecule has 0 saturated carbocycles. The second-order valence-corrected chi connectivity index (χ2v) is 6.86. The lowest BCUT2D eigenvalue weighted by atomic mass is 10.2. The molecule has 0 bridgehead atoms. The second-order valence-electron chi connectivity index (χ2n) is 5.21. The van der Waals surface area contributed by atoms with Gasteiger partial charge < -0.3 is 4.42 Å². The highest BCUT2D eigenvalue weighted by molar-refractivity contribution is 7.92. The summed E-state index contributed by atoms with van der Waals surface area (Å²) in [5, 5.41) is 7.61. The molecule has 0 amide bonds. The van der Waals surface area contributed by atoms with E-state index in [4.69, 9.17) is 4.42 Å². The van der Waals surface area contributed by atoms with E-state index in [1.54, 1.807) is 38.1 Å². The molecule has 24 heavy (non-hydrogen) atoms. The summed E-state index contributed by atoms with van der Waals surface area (Å²) in [6.45, 7) is 3.31. The van der Waals surface area contributed by atoms with Crippen LogP contribution in [-0.2, 0) is 10.0 Å². The molecule has 1 heterocycles. The Morgan fingerprint density at radius 1 is 1.08 bits per heavy atom. The Morgan fingerprint density at radius 3 is 2.50 bits per heavy atom. The normalized spacial score (nSPS) is 11.5. The average Bonchev–Trinajstić information content (AvgIpc) is 2.93. The molecule has 3 aromatic rings. The number of anilines is 1. The summed E-state index contributed by atoms with van der Waals surface area (Å²) in [7, 11) is -4.10. The first-order valence-corrected chi connectivity index (χ1v) is 8.53. The van der Waals surface area contributed by atoms with Gasteiger partial charge in [-0.3, -0.25) is 4.72 Å². The van der Waals surface area contributed by atoms with Gasteiger partial charge in [0.2, 0.25) is 11.8 Å². The van der Waals surface area contributed by atoms with Crippen molar-refractivity contribution in [2.24, 2.45) is 0 Å². The van der Waals surface area contributed by atoms with Crippen molar-refractivity contribution in [1.82, 2.24) is 10.2 Å². The van der Waals surface area contributed by atoms with Crippen molar-refractivity contribution >= 4 is 15.7 Å². The third-order valence-corrected chi connectivity index (χ3v) is 4.70. The molecule has 0 saturated heterocycles. The molecule has 8 heteroatoms. The van der Waals surface area contributed by atoms with Crippen LogP contribution in [0.15, 0.2) is 51.8 Å². The SMILES string of the molecule is Cc1ccc(S(=O)(=O)Nc2ccccc2-c2nnc(C)o2)c(F)c1. The molecule has 6 nitrogen and oxygen atoms in total. The Bertz CT molecular complexity index is 999. The molecule has 0 spiro atoms. The zero-order chi connectivity index (χ0) is 17.3. The third kappa shape index (κ3) is 3.13. The van der Waals surface area contributed by atoms with Gasteiger partial charge in [0, 0.05) is 6.92 Å². The maximum atomic E-state index is 14.0. The number of halogens is 1. The van der Waals surface area contributed by atoms with Gasteiger partial charge >= 0.3 is 0 Å². The van der Waals surface area contributed by atoms with Gasteiger partial charge in [0.1, 0.15) is 10.7 Å². The van der Waals surface area contributed by atoms with E-state index in [1.807, 2.05) is 0 Å². The third-order valence-electron chi connectivity index (χ3n) is 3.30. The lowest BCUT2D eigenvalue weighted by Gasteiger charge is -2.11. The van der Waals surface area contributed by atoms with Crippen LogP contribution in [0.2, 0.25) is 0 Å². The van der Waals surface area contributed by atoms with Gasteiger partial charge in [-0.1, -0.05) is 18.2 Å². The first-order valence-electron chi connectivity index (χ1n) is 7.05. The summed E-state index contributed by atoms with van der Waals surface area (Å²) < 4.78 is 46.7. The van der Waals surface area contributed by atoms with Gasteiger partial charge in [-0.25, -0.2) is 12.8 Å². The minimum Gasteiger partial charge on any atom is -0.421 e. The van der Waals surface area contributed by atoms with Crippen molar-refractivity contribution in [3.05, 3.63) is 59.7 Å². The number of hydrogen-bond acceptors (Lipinski definition) is 5. The Balaban J connectivity index is 2.02. The van der Waals surface area contributed by atoms with Crippen LogP contribution in [0.3, 0.4) is 0 Å². The number of aromatic nitrogens is 2. The van der Waals surface area contributed by atoms with E-state index in [2.05, 4.69) is 14.9 Å². The number of rotatable bonds is 4. The average molecular weight is 347 g/mol. The summed E-state index contributed by atoms with van der Waals surface area (Å²) in [5.74, 6) is -0.281. The second kappa shape index (κ2) is 6.04. The summed E-state index contributed by atoms with van der Waals surface area (Å²) in [4.78, 5) is -0.426. The highest BCUT2D eigenvalue weighted by atomic mass is 32.2. The summed E-state index contributed by atoms with van der Waals surface area (Å²) in [6.07, 6.45) is 0. The topological polar surface area (TPSA) is 85.1 Å². The Kier molecular flexibility index (Phi) is 4.06. The van der Waals surface area contributed by atoms with Crippen molar-refractivity contribution in [2.45, 2.75) is 18.7 Å². The fourth-order valence-electron chi connectivity index (χ4n) is 2.19. The molecule has 2 aromatic carbocycles. The van der Waals surface area contributed by atoms with Gasteiger partial charge in [0.25, 0.3) is 10.0 Å². The van der Waals surface area contributed by atoms with Gasteiger partial charge in [-0.2, -0.15) is 0 Å². The predicted octanol–water partition coefficient (Wildman–Crippen LogP) is 3.29. The van der Waals surface area contributed by atoms with Crippen LogP contribution in [0, 0.1) is 19.7 Å². The largest absolute Gasteiger partial charge is 0.421 e. The van der Waals surface area contributed by atoms with Crippen LogP contribution in [0.5, 0.6) is 0 Å². The number of para-hydroxylation sites is 1. The molecule has 0 aliphatic heterocycles. The fraction of sp³-hybridized carbons (Fsp3) is 0.125. The zero-order valence-corrected chi connectivity index (χ0v) is 13.8. The van der Waals surface area contributed by atoms with E-state index in [1.165, 1.54) is 18.2 Å². The van der Waals surface area contributed by atoms with E-state index in [0.29, 0.717) is 17.0 Å². The predicted molar refractivity (Wildman–Crippen MR) is 86.4 cm³/mol. The molecule has 1 N–H and O–H groups in total. The Morgan fingerprint density at radius 2 is 1.83 bits per heavy atom. The number of sulfonamides is 1.